The maximum Gasteiger partial charge on any atom is 0.316 e. The van der Waals surface area contributed by atoms with E-state index in [2.05, 4.69) is 39.5 Å². The monoisotopic (exact) mass is 408 g/mol. The largest absolute Gasteiger partial charge is 0.379 e. The number of hydrogen-bond donors (Lipinski definition) is 2. The van der Waals surface area contributed by atoms with Crippen molar-refractivity contribution in [3.8, 4) is 21.0 Å². The average molecular weight is 409 g/mol. The number of pyridine rings is 1. The molecule has 4 rings (SSSR count). The number of urea groups is 1. The minimum absolute atomic E-state index is 0.580. The number of aromatic nitrogens is 1. The molecule has 1 saturated heterocycles. The Labute approximate surface area is 174 Å². The smallest absolute Gasteiger partial charge is 0.316 e. The first-order chi connectivity index (χ1) is 14.1. The molecule has 0 atom stereocenters. The van der Waals surface area contributed by atoms with Gasteiger partial charge >= 0.3 is 6.03 Å². The van der Waals surface area contributed by atoms with E-state index in [1.165, 1.54) is 5.56 Å². The number of morpholine rings is 1. The Bertz CT molecular complexity index is 977. The summed E-state index contributed by atoms with van der Waals surface area (Å²) < 4.78 is 5.41. The van der Waals surface area contributed by atoms with Gasteiger partial charge in [0.1, 0.15) is 0 Å². The van der Waals surface area contributed by atoms with Crippen LogP contribution in [0.4, 0.5) is 10.5 Å². The number of amides is 2. The Morgan fingerprint density at radius 1 is 1.21 bits per heavy atom. The molecule has 0 bridgehead atoms. The molecule has 3 aromatic rings. The normalized spacial score (nSPS) is 14.7. The Balaban J connectivity index is 1.58. The predicted octanol–water partition coefficient (Wildman–Crippen LogP) is 4.11. The van der Waals surface area contributed by atoms with Crippen molar-refractivity contribution >= 4 is 23.1 Å². The van der Waals surface area contributed by atoms with Crippen molar-refractivity contribution in [3.63, 3.8) is 0 Å². The third-order valence-corrected chi connectivity index (χ3v) is 6.09. The second kappa shape index (κ2) is 8.73. The fourth-order valence-electron chi connectivity index (χ4n) is 3.34. The van der Waals surface area contributed by atoms with Gasteiger partial charge in [-0.15, -0.1) is 11.3 Å². The van der Waals surface area contributed by atoms with Crippen molar-refractivity contribution in [2.75, 3.05) is 31.6 Å². The first-order valence-corrected chi connectivity index (χ1v) is 10.4. The molecule has 7 heteroatoms. The standard InChI is InChI=1S/C22H24N4O2S/c1-15-2-7-18(24-13-15)21-19(25-22(23)27)12-20(29-21)17-5-3-16(4-6-17)14-26-8-10-28-11-9-26/h2-7,12-13H,8-11,14H2,1H3,(H3,23,25,27). The van der Waals surface area contributed by atoms with Crippen molar-refractivity contribution in [3.05, 3.63) is 59.8 Å². The summed E-state index contributed by atoms with van der Waals surface area (Å²) in [6.07, 6.45) is 1.82. The minimum Gasteiger partial charge on any atom is -0.379 e. The van der Waals surface area contributed by atoms with Crippen LogP contribution in [0.25, 0.3) is 21.0 Å². The van der Waals surface area contributed by atoms with Gasteiger partial charge in [0.25, 0.3) is 0 Å². The molecule has 0 saturated carbocycles. The van der Waals surface area contributed by atoms with E-state index in [1.54, 1.807) is 11.3 Å². The van der Waals surface area contributed by atoms with Crippen LogP contribution in [0.5, 0.6) is 0 Å². The fourth-order valence-corrected chi connectivity index (χ4v) is 4.44. The van der Waals surface area contributed by atoms with Gasteiger partial charge < -0.3 is 15.8 Å². The van der Waals surface area contributed by atoms with E-state index in [0.29, 0.717) is 5.69 Å². The van der Waals surface area contributed by atoms with E-state index in [4.69, 9.17) is 10.5 Å². The summed E-state index contributed by atoms with van der Waals surface area (Å²) in [7, 11) is 0. The van der Waals surface area contributed by atoms with Crippen molar-refractivity contribution < 1.29 is 9.53 Å². The molecule has 1 aliphatic heterocycles. The van der Waals surface area contributed by atoms with E-state index >= 15 is 0 Å². The van der Waals surface area contributed by atoms with Gasteiger partial charge in [-0.2, -0.15) is 0 Å². The third-order valence-electron chi connectivity index (χ3n) is 4.88. The molecule has 6 nitrogen and oxygen atoms in total. The van der Waals surface area contributed by atoms with Crippen LogP contribution >= 0.6 is 11.3 Å². The molecule has 2 aromatic heterocycles. The Morgan fingerprint density at radius 2 is 1.97 bits per heavy atom. The molecule has 3 N–H and O–H groups in total. The van der Waals surface area contributed by atoms with Gasteiger partial charge in [-0.1, -0.05) is 30.3 Å². The van der Waals surface area contributed by atoms with Crippen molar-refractivity contribution in [2.45, 2.75) is 13.5 Å². The van der Waals surface area contributed by atoms with Gasteiger partial charge in [-0.3, -0.25) is 9.88 Å². The van der Waals surface area contributed by atoms with Gasteiger partial charge in [-0.05, 0) is 35.7 Å². The van der Waals surface area contributed by atoms with Gasteiger partial charge in [0, 0.05) is 30.7 Å². The minimum atomic E-state index is -0.580. The number of thiophene rings is 1. The fraction of sp³-hybridized carbons (Fsp3) is 0.273. The number of primary amides is 1. The lowest BCUT2D eigenvalue weighted by molar-refractivity contribution is 0.0342. The van der Waals surface area contributed by atoms with E-state index in [0.717, 1.165) is 59.4 Å². The molecule has 0 spiro atoms. The summed E-state index contributed by atoms with van der Waals surface area (Å²) >= 11 is 1.60. The SMILES string of the molecule is Cc1ccc(-c2sc(-c3ccc(CN4CCOCC4)cc3)cc2NC(N)=O)nc1. The van der Waals surface area contributed by atoms with E-state index < -0.39 is 6.03 Å². The number of benzene rings is 1. The van der Waals surface area contributed by atoms with Crippen LogP contribution in [0, 0.1) is 6.92 Å². The maximum absolute atomic E-state index is 11.5. The molecule has 150 valence electrons. The zero-order chi connectivity index (χ0) is 20.2. The molecular weight excluding hydrogens is 384 g/mol. The molecule has 0 radical (unpaired) electrons. The topological polar surface area (TPSA) is 80.5 Å². The number of carbonyl (C=O) groups is 1. The average Bonchev–Trinajstić information content (AvgIpc) is 3.13. The zero-order valence-corrected chi connectivity index (χ0v) is 17.2. The number of nitrogens with two attached hydrogens (primary N) is 1. The van der Waals surface area contributed by atoms with Crippen LogP contribution < -0.4 is 11.1 Å². The molecule has 3 heterocycles. The van der Waals surface area contributed by atoms with Gasteiger partial charge in [0.05, 0.1) is 29.5 Å². The molecule has 2 amide bonds. The number of nitrogens with one attached hydrogen (secondary N) is 1. The van der Waals surface area contributed by atoms with Crippen LogP contribution in [0.2, 0.25) is 0 Å². The van der Waals surface area contributed by atoms with Gasteiger partial charge in [-0.25, -0.2) is 4.79 Å². The molecule has 29 heavy (non-hydrogen) atoms. The summed E-state index contributed by atoms with van der Waals surface area (Å²) in [5.41, 5.74) is 10.4. The zero-order valence-electron chi connectivity index (χ0n) is 16.4. The van der Waals surface area contributed by atoms with E-state index in [-0.39, 0.29) is 0 Å². The summed E-state index contributed by atoms with van der Waals surface area (Å²) in [5, 5.41) is 2.73. The summed E-state index contributed by atoms with van der Waals surface area (Å²) in [5.74, 6) is 0. The Morgan fingerprint density at radius 3 is 2.62 bits per heavy atom. The second-order valence-corrected chi connectivity index (χ2v) is 8.20. The van der Waals surface area contributed by atoms with E-state index in [1.807, 2.05) is 31.3 Å². The van der Waals surface area contributed by atoms with Gasteiger partial charge in [0.15, 0.2) is 0 Å². The predicted molar refractivity (Wildman–Crippen MR) is 117 cm³/mol. The second-order valence-electron chi connectivity index (χ2n) is 7.15. The number of carbonyl (C=O) groups excluding carboxylic acids is 1. The summed E-state index contributed by atoms with van der Waals surface area (Å²) in [6, 6.07) is 13.9. The maximum atomic E-state index is 11.5. The van der Waals surface area contributed by atoms with Crippen LogP contribution in [0.15, 0.2) is 48.7 Å². The molecular formula is C22H24N4O2S. The van der Waals surface area contributed by atoms with Crippen molar-refractivity contribution in [2.24, 2.45) is 5.73 Å². The first-order valence-electron chi connectivity index (χ1n) is 9.61. The number of hydrogen-bond acceptors (Lipinski definition) is 5. The number of ether oxygens (including phenoxy) is 1. The summed E-state index contributed by atoms with van der Waals surface area (Å²) in [6.45, 7) is 6.49. The lowest BCUT2D eigenvalue weighted by Gasteiger charge is -2.26. The lowest BCUT2D eigenvalue weighted by Crippen LogP contribution is -2.35. The number of nitrogens with zero attached hydrogens (tertiary/aromatic N) is 2. The molecule has 0 unspecified atom stereocenters. The Hall–Kier alpha value is -2.74. The van der Waals surface area contributed by atoms with Gasteiger partial charge in [0.2, 0.25) is 0 Å². The summed E-state index contributed by atoms with van der Waals surface area (Å²) in [4.78, 5) is 20.3. The Kier molecular flexibility index (Phi) is 5.89. The number of aryl methyl sites for hydroxylation is 1. The molecule has 0 aliphatic carbocycles. The highest BCUT2D eigenvalue weighted by atomic mass is 32.1. The van der Waals surface area contributed by atoms with Crippen LogP contribution in [-0.2, 0) is 11.3 Å². The molecule has 1 fully saturated rings. The van der Waals surface area contributed by atoms with Crippen LogP contribution in [-0.4, -0.2) is 42.2 Å². The quantitative estimate of drug-likeness (QED) is 0.666. The van der Waals surface area contributed by atoms with Crippen LogP contribution in [0.3, 0.4) is 0 Å². The third kappa shape index (κ3) is 4.82. The van der Waals surface area contributed by atoms with Crippen LogP contribution in [0.1, 0.15) is 11.1 Å². The van der Waals surface area contributed by atoms with Crippen molar-refractivity contribution in [1.82, 2.24) is 9.88 Å². The van der Waals surface area contributed by atoms with Crippen molar-refractivity contribution in [1.29, 1.82) is 0 Å². The first kappa shape index (κ1) is 19.6. The highest BCUT2D eigenvalue weighted by molar-refractivity contribution is 7.19. The molecule has 1 aliphatic rings. The number of anilines is 1. The lowest BCUT2D eigenvalue weighted by atomic mass is 10.1. The molecule has 1 aromatic carbocycles. The highest BCUT2D eigenvalue weighted by Gasteiger charge is 2.15. The van der Waals surface area contributed by atoms with E-state index in [9.17, 15) is 4.79 Å². The number of rotatable bonds is 5. The highest BCUT2D eigenvalue weighted by Crippen LogP contribution is 2.40.